The van der Waals surface area contributed by atoms with Crippen molar-refractivity contribution in [3.8, 4) is 0 Å². The average molecular weight is 215 g/mol. The Morgan fingerprint density at radius 1 is 1.13 bits per heavy atom. The van der Waals surface area contributed by atoms with Crippen molar-refractivity contribution in [3.05, 3.63) is 0 Å². The standard InChI is InChI=1S/C13H29NO/c1-6-8-13(15-5)12(10-11(3)4)14-9-7-2/h11-14H,6-10H2,1-5H3. The zero-order valence-electron chi connectivity index (χ0n) is 11.2. The van der Waals surface area contributed by atoms with E-state index < -0.39 is 0 Å². The highest BCUT2D eigenvalue weighted by molar-refractivity contribution is 4.77. The van der Waals surface area contributed by atoms with E-state index in [1.807, 2.05) is 7.11 Å². The van der Waals surface area contributed by atoms with E-state index in [0.717, 1.165) is 18.9 Å². The maximum atomic E-state index is 5.59. The van der Waals surface area contributed by atoms with Crippen molar-refractivity contribution >= 4 is 0 Å². The second kappa shape index (κ2) is 9.17. The number of rotatable bonds is 9. The summed E-state index contributed by atoms with van der Waals surface area (Å²) in [6.07, 6.45) is 5.13. The van der Waals surface area contributed by atoms with Crippen molar-refractivity contribution in [2.45, 2.75) is 65.5 Å². The fourth-order valence-electron chi connectivity index (χ4n) is 1.97. The first kappa shape index (κ1) is 14.9. The Morgan fingerprint density at radius 2 is 1.80 bits per heavy atom. The largest absolute Gasteiger partial charge is 0.380 e. The molecule has 0 rings (SSSR count). The molecule has 2 unspecified atom stereocenters. The molecule has 2 heteroatoms. The predicted molar refractivity (Wildman–Crippen MR) is 67.2 cm³/mol. The zero-order chi connectivity index (χ0) is 11.7. The van der Waals surface area contributed by atoms with E-state index in [9.17, 15) is 0 Å². The van der Waals surface area contributed by atoms with Crippen LogP contribution in [-0.2, 0) is 4.74 Å². The third-order valence-corrected chi connectivity index (χ3v) is 2.71. The highest BCUT2D eigenvalue weighted by Crippen LogP contribution is 2.14. The van der Waals surface area contributed by atoms with Crippen molar-refractivity contribution in [3.63, 3.8) is 0 Å². The second-order valence-electron chi connectivity index (χ2n) is 4.75. The fraction of sp³-hybridized carbons (Fsp3) is 1.00. The van der Waals surface area contributed by atoms with Gasteiger partial charge in [0.25, 0.3) is 0 Å². The number of methoxy groups -OCH3 is 1. The molecule has 0 radical (unpaired) electrons. The van der Waals surface area contributed by atoms with E-state index in [1.54, 1.807) is 0 Å². The topological polar surface area (TPSA) is 21.3 Å². The SMILES string of the molecule is CCCNC(CC(C)C)C(CCC)OC. The van der Waals surface area contributed by atoms with Crippen molar-refractivity contribution < 1.29 is 4.74 Å². The smallest absolute Gasteiger partial charge is 0.0724 e. The third kappa shape index (κ3) is 6.91. The van der Waals surface area contributed by atoms with Gasteiger partial charge in [-0.15, -0.1) is 0 Å². The quantitative estimate of drug-likeness (QED) is 0.637. The first-order valence-corrected chi connectivity index (χ1v) is 6.41. The number of hydrogen-bond acceptors (Lipinski definition) is 2. The summed E-state index contributed by atoms with van der Waals surface area (Å²) in [7, 11) is 1.83. The summed E-state index contributed by atoms with van der Waals surface area (Å²) in [4.78, 5) is 0. The van der Waals surface area contributed by atoms with E-state index in [2.05, 4.69) is 33.0 Å². The Bertz CT molecular complexity index is 136. The molecule has 0 aromatic rings. The first-order chi connectivity index (χ1) is 7.15. The van der Waals surface area contributed by atoms with Crippen LogP contribution < -0.4 is 5.32 Å². The van der Waals surface area contributed by atoms with Crippen LogP contribution in [0.1, 0.15) is 53.4 Å². The first-order valence-electron chi connectivity index (χ1n) is 6.41. The van der Waals surface area contributed by atoms with Gasteiger partial charge in [-0.1, -0.05) is 34.1 Å². The van der Waals surface area contributed by atoms with Gasteiger partial charge in [-0.2, -0.15) is 0 Å². The van der Waals surface area contributed by atoms with Gasteiger partial charge in [0.05, 0.1) is 6.10 Å². The molecule has 0 aliphatic rings. The lowest BCUT2D eigenvalue weighted by molar-refractivity contribution is 0.0541. The Morgan fingerprint density at radius 3 is 2.20 bits per heavy atom. The van der Waals surface area contributed by atoms with Gasteiger partial charge in [-0.05, 0) is 31.7 Å². The molecular weight excluding hydrogens is 186 g/mol. The van der Waals surface area contributed by atoms with Gasteiger partial charge in [0.15, 0.2) is 0 Å². The van der Waals surface area contributed by atoms with Gasteiger partial charge in [-0.25, -0.2) is 0 Å². The molecule has 0 bridgehead atoms. The van der Waals surface area contributed by atoms with Crippen LogP contribution in [0.25, 0.3) is 0 Å². The maximum Gasteiger partial charge on any atom is 0.0724 e. The third-order valence-electron chi connectivity index (χ3n) is 2.71. The van der Waals surface area contributed by atoms with Gasteiger partial charge in [-0.3, -0.25) is 0 Å². The molecule has 0 aromatic heterocycles. The molecule has 2 nitrogen and oxygen atoms in total. The van der Waals surface area contributed by atoms with Crippen molar-refractivity contribution in [1.29, 1.82) is 0 Å². The van der Waals surface area contributed by atoms with Crippen molar-refractivity contribution in [1.82, 2.24) is 5.32 Å². The molecule has 0 saturated carbocycles. The molecule has 92 valence electrons. The minimum atomic E-state index is 0.379. The zero-order valence-corrected chi connectivity index (χ0v) is 11.2. The summed E-state index contributed by atoms with van der Waals surface area (Å²) >= 11 is 0. The van der Waals surface area contributed by atoms with Crippen LogP contribution in [0.3, 0.4) is 0 Å². The Hall–Kier alpha value is -0.0800. The van der Waals surface area contributed by atoms with Gasteiger partial charge < -0.3 is 10.1 Å². The number of hydrogen-bond donors (Lipinski definition) is 1. The molecule has 0 fully saturated rings. The molecule has 0 saturated heterocycles. The van der Waals surface area contributed by atoms with Gasteiger partial charge in [0.1, 0.15) is 0 Å². The lowest BCUT2D eigenvalue weighted by Crippen LogP contribution is -2.42. The van der Waals surface area contributed by atoms with Crippen LogP contribution in [0, 0.1) is 5.92 Å². The Balaban J connectivity index is 4.15. The summed E-state index contributed by atoms with van der Waals surface area (Å²) < 4.78 is 5.59. The molecular formula is C13H29NO. The minimum Gasteiger partial charge on any atom is -0.380 e. The molecule has 0 aliphatic heterocycles. The minimum absolute atomic E-state index is 0.379. The van der Waals surface area contributed by atoms with Crippen molar-refractivity contribution in [2.24, 2.45) is 5.92 Å². The maximum absolute atomic E-state index is 5.59. The molecule has 15 heavy (non-hydrogen) atoms. The van der Waals surface area contributed by atoms with E-state index in [-0.39, 0.29) is 0 Å². The second-order valence-corrected chi connectivity index (χ2v) is 4.75. The van der Waals surface area contributed by atoms with Crippen LogP contribution >= 0.6 is 0 Å². The lowest BCUT2D eigenvalue weighted by Gasteiger charge is -2.28. The Kier molecular flexibility index (Phi) is 9.12. The summed E-state index contributed by atoms with van der Waals surface area (Å²) in [6.45, 7) is 10.1. The summed E-state index contributed by atoms with van der Waals surface area (Å²) in [5.41, 5.74) is 0. The monoisotopic (exact) mass is 215 g/mol. The predicted octanol–water partition coefficient (Wildman–Crippen LogP) is 3.22. The summed E-state index contributed by atoms with van der Waals surface area (Å²) in [5.74, 6) is 0.730. The number of nitrogens with one attached hydrogen (secondary N) is 1. The molecule has 0 amide bonds. The highest BCUT2D eigenvalue weighted by atomic mass is 16.5. The average Bonchev–Trinajstić information content (AvgIpc) is 2.20. The highest BCUT2D eigenvalue weighted by Gasteiger charge is 2.20. The van der Waals surface area contributed by atoms with E-state index >= 15 is 0 Å². The van der Waals surface area contributed by atoms with Crippen LogP contribution in [0.2, 0.25) is 0 Å². The Labute approximate surface area is 95.8 Å². The molecule has 0 aliphatic carbocycles. The number of ether oxygens (including phenoxy) is 1. The van der Waals surface area contributed by atoms with E-state index in [1.165, 1.54) is 19.3 Å². The normalized spacial score (nSPS) is 15.6. The fourth-order valence-corrected chi connectivity index (χ4v) is 1.97. The van der Waals surface area contributed by atoms with Crippen molar-refractivity contribution in [2.75, 3.05) is 13.7 Å². The van der Waals surface area contributed by atoms with Gasteiger partial charge >= 0.3 is 0 Å². The van der Waals surface area contributed by atoms with Gasteiger partial charge in [0.2, 0.25) is 0 Å². The van der Waals surface area contributed by atoms with E-state index in [4.69, 9.17) is 4.74 Å². The van der Waals surface area contributed by atoms with Crippen LogP contribution in [0.5, 0.6) is 0 Å². The summed E-state index contributed by atoms with van der Waals surface area (Å²) in [5, 5.41) is 3.61. The molecule has 1 N–H and O–H groups in total. The summed E-state index contributed by atoms with van der Waals surface area (Å²) in [6, 6.07) is 0.523. The van der Waals surface area contributed by atoms with Crippen LogP contribution in [0.15, 0.2) is 0 Å². The lowest BCUT2D eigenvalue weighted by atomic mass is 9.96. The molecule has 0 heterocycles. The van der Waals surface area contributed by atoms with Crippen LogP contribution in [-0.4, -0.2) is 25.8 Å². The molecule has 0 aromatic carbocycles. The van der Waals surface area contributed by atoms with Gasteiger partial charge in [0, 0.05) is 13.2 Å². The van der Waals surface area contributed by atoms with E-state index in [0.29, 0.717) is 12.1 Å². The molecule has 2 atom stereocenters. The molecule has 0 spiro atoms. The van der Waals surface area contributed by atoms with Crippen LogP contribution in [0.4, 0.5) is 0 Å².